The summed E-state index contributed by atoms with van der Waals surface area (Å²) in [7, 11) is 0. The van der Waals surface area contributed by atoms with Gasteiger partial charge in [0.25, 0.3) is 0 Å². The van der Waals surface area contributed by atoms with Gasteiger partial charge in [0, 0.05) is 0 Å². The fraction of sp³-hybridized carbons (Fsp3) is 0.222. The highest BCUT2D eigenvalue weighted by Gasteiger charge is 2.02. The van der Waals surface area contributed by atoms with Gasteiger partial charge in [0.05, 0.1) is 17.0 Å². The van der Waals surface area contributed by atoms with Crippen LogP contribution in [0.25, 0.3) is 0 Å². The molecule has 2 rings (SSSR count). The monoisotopic (exact) mass is 296 g/mol. The summed E-state index contributed by atoms with van der Waals surface area (Å²) in [6.07, 6.45) is 2.23. The van der Waals surface area contributed by atoms with Crippen molar-refractivity contribution in [2.24, 2.45) is 5.10 Å². The van der Waals surface area contributed by atoms with E-state index >= 15 is 0 Å². The van der Waals surface area contributed by atoms with Crippen LogP contribution in [0.1, 0.15) is 41.8 Å². The zero-order chi connectivity index (χ0) is 15.9. The smallest absolute Gasteiger partial charge is 0.335 e. The third-order valence-electron chi connectivity index (χ3n) is 3.39. The highest BCUT2D eigenvalue weighted by Crippen LogP contribution is 2.11. The van der Waals surface area contributed by atoms with Crippen molar-refractivity contribution >= 4 is 17.4 Å². The number of benzene rings is 2. The minimum absolute atomic E-state index is 0.262. The van der Waals surface area contributed by atoms with Gasteiger partial charge in [0.1, 0.15) is 0 Å². The van der Waals surface area contributed by atoms with Crippen molar-refractivity contribution in [1.29, 1.82) is 0 Å². The van der Waals surface area contributed by atoms with E-state index in [0.29, 0.717) is 0 Å². The molecule has 0 saturated heterocycles. The molecule has 0 spiro atoms. The van der Waals surface area contributed by atoms with E-state index in [2.05, 4.69) is 41.7 Å². The van der Waals surface area contributed by atoms with Crippen LogP contribution in [0.4, 0.5) is 5.69 Å². The minimum atomic E-state index is -0.932. The summed E-state index contributed by atoms with van der Waals surface area (Å²) in [6.45, 7) is 4.10. The fourth-order valence-corrected chi connectivity index (χ4v) is 2.10. The van der Waals surface area contributed by atoms with E-state index in [1.165, 1.54) is 5.56 Å². The average molecular weight is 296 g/mol. The Bertz CT molecular complexity index is 658. The fourth-order valence-electron chi connectivity index (χ4n) is 2.10. The minimum Gasteiger partial charge on any atom is -0.478 e. The second-order valence-corrected chi connectivity index (χ2v) is 5.14. The molecule has 2 aromatic rings. The summed E-state index contributed by atoms with van der Waals surface area (Å²) in [4.78, 5) is 10.8. The molecule has 2 aromatic carbocycles. The highest BCUT2D eigenvalue weighted by molar-refractivity contribution is 5.99. The van der Waals surface area contributed by atoms with Crippen LogP contribution in [0.15, 0.2) is 53.6 Å². The first kappa shape index (κ1) is 15.8. The van der Waals surface area contributed by atoms with Gasteiger partial charge in [-0.1, -0.05) is 37.6 Å². The largest absolute Gasteiger partial charge is 0.478 e. The zero-order valence-corrected chi connectivity index (χ0v) is 12.8. The Labute approximate surface area is 130 Å². The van der Waals surface area contributed by atoms with Gasteiger partial charge in [-0.15, -0.1) is 0 Å². The molecule has 0 heterocycles. The first-order valence-electron chi connectivity index (χ1n) is 7.33. The molecule has 0 saturated carbocycles. The molecule has 0 radical (unpaired) electrons. The number of hydrogen-bond acceptors (Lipinski definition) is 3. The van der Waals surface area contributed by atoms with Crippen molar-refractivity contribution in [3.8, 4) is 0 Å². The number of carboxylic acid groups (broad SMARTS) is 1. The number of hydrazone groups is 1. The zero-order valence-electron chi connectivity index (χ0n) is 12.8. The van der Waals surface area contributed by atoms with E-state index < -0.39 is 5.97 Å². The van der Waals surface area contributed by atoms with Crippen LogP contribution in [0.5, 0.6) is 0 Å². The summed E-state index contributed by atoms with van der Waals surface area (Å²) >= 11 is 0. The molecule has 0 aliphatic rings. The second-order valence-electron chi connectivity index (χ2n) is 5.14. The van der Waals surface area contributed by atoms with Crippen molar-refractivity contribution in [3.05, 3.63) is 65.2 Å². The maximum atomic E-state index is 10.8. The van der Waals surface area contributed by atoms with E-state index in [9.17, 15) is 4.79 Å². The number of nitrogens with zero attached hydrogens (tertiary/aromatic N) is 1. The molecule has 0 fully saturated rings. The number of rotatable bonds is 6. The molecular weight excluding hydrogens is 276 g/mol. The maximum Gasteiger partial charge on any atom is 0.335 e. The van der Waals surface area contributed by atoms with Crippen LogP contribution < -0.4 is 5.43 Å². The van der Waals surface area contributed by atoms with Gasteiger partial charge >= 0.3 is 5.97 Å². The Balaban J connectivity index is 2.03. The summed E-state index contributed by atoms with van der Waals surface area (Å²) < 4.78 is 0. The van der Waals surface area contributed by atoms with Gasteiger partial charge in [0.2, 0.25) is 0 Å². The van der Waals surface area contributed by atoms with E-state index in [1.807, 2.05) is 6.92 Å². The molecule has 4 nitrogen and oxygen atoms in total. The van der Waals surface area contributed by atoms with Gasteiger partial charge in [-0.25, -0.2) is 4.79 Å². The lowest BCUT2D eigenvalue weighted by Crippen LogP contribution is -2.01. The molecule has 2 N–H and O–H groups in total. The van der Waals surface area contributed by atoms with Crippen LogP contribution in [0.2, 0.25) is 0 Å². The van der Waals surface area contributed by atoms with Crippen molar-refractivity contribution in [1.82, 2.24) is 0 Å². The van der Waals surface area contributed by atoms with Gasteiger partial charge in [0.15, 0.2) is 0 Å². The molecule has 0 unspecified atom stereocenters. The molecule has 0 aliphatic heterocycles. The van der Waals surface area contributed by atoms with Crippen LogP contribution in [-0.4, -0.2) is 16.8 Å². The Morgan fingerprint density at radius 3 is 2.18 bits per heavy atom. The summed E-state index contributed by atoms with van der Waals surface area (Å²) in [5.74, 6) is -0.932. The Kier molecular flexibility index (Phi) is 5.31. The van der Waals surface area contributed by atoms with E-state index in [0.717, 1.165) is 29.8 Å². The highest BCUT2D eigenvalue weighted by atomic mass is 16.4. The predicted molar refractivity (Wildman–Crippen MR) is 89.7 cm³/mol. The molecule has 0 bridgehead atoms. The van der Waals surface area contributed by atoms with Crippen molar-refractivity contribution in [2.75, 3.05) is 5.43 Å². The summed E-state index contributed by atoms with van der Waals surface area (Å²) in [6, 6.07) is 14.9. The molecule has 4 heteroatoms. The maximum absolute atomic E-state index is 10.8. The lowest BCUT2D eigenvalue weighted by molar-refractivity contribution is 0.0697. The van der Waals surface area contributed by atoms with Gasteiger partial charge in [-0.2, -0.15) is 5.10 Å². The van der Waals surface area contributed by atoms with Gasteiger partial charge in [-0.3, -0.25) is 5.43 Å². The molecular formula is C18H20N2O2. The molecule has 0 amide bonds. The van der Waals surface area contributed by atoms with Crippen LogP contribution in [0, 0.1) is 0 Å². The quantitative estimate of drug-likeness (QED) is 0.621. The first-order chi connectivity index (χ1) is 10.6. The normalized spacial score (nSPS) is 11.3. The van der Waals surface area contributed by atoms with E-state index in [-0.39, 0.29) is 5.56 Å². The molecule has 22 heavy (non-hydrogen) atoms. The number of anilines is 1. The SMILES string of the molecule is CCCc1ccc(/C(C)=N/Nc2ccc(C(=O)O)cc2)cc1. The Morgan fingerprint density at radius 1 is 1.05 bits per heavy atom. The van der Waals surface area contributed by atoms with Crippen molar-refractivity contribution < 1.29 is 9.90 Å². The molecule has 114 valence electrons. The number of aryl methyl sites for hydroxylation is 1. The van der Waals surface area contributed by atoms with E-state index in [4.69, 9.17) is 5.11 Å². The molecule has 0 aliphatic carbocycles. The van der Waals surface area contributed by atoms with Gasteiger partial charge < -0.3 is 5.11 Å². The lowest BCUT2D eigenvalue weighted by atomic mass is 10.1. The summed E-state index contributed by atoms with van der Waals surface area (Å²) in [5.41, 5.74) is 7.24. The van der Waals surface area contributed by atoms with Crippen molar-refractivity contribution in [3.63, 3.8) is 0 Å². The van der Waals surface area contributed by atoms with Crippen molar-refractivity contribution in [2.45, 2.75) is 26.7 Å². The first-order valence-corrected chi connectivity index (χ1v) is 7.33. The predicted octanol–water partition coefficient (Wildman–Crippen LogP) is 4.17. The number of carbonyl (C=O) groups is 1. The topological polar surface area (TPSA) is 61.7 Å². The third kappa shape index (κ3) is 4.19. The molecule has 0 aromatic heterocycles. The molecule has 0 atom stereocenters. The standard InChI is InChI=1S/C18H20N2O2/c1-3-4-14-5-7-15(8-6-14)13(2)19-20-17-11-9-16(10-12-17)18(21)22/h5-12,20H,3-4H2,1-2H3,(H,21,22)/b19-13+. The second kappa shape index (κ2) is 7.41. The average Bonchev–Trinajstić information content (AvgIpc) is 2.54. The van der Waals surface area contributed by atoms with Crippen LogP contribution in [-0.2, 0) is 6.42 Å². The number of nitrogens with one attached hydrogen (secondary N) is 1. The Hall–Kier alpha value is -2.62. The lowest BCUT2D eigenvalue weighted by Gasteiger charge is -2.05. The van der Waals surface area contributed by atoms with Gasteiger partial charge in [-0.05, 0) is 48.7 Å². The number of carboxylic acids is 1. The number of hydrogen-bond donors (Lipinski definition) is 2. The van der Waals surface area contributed by atoms with Crippen LogP contribution in [0.3, 0.4) is 0 Å². The summed E-state index contributed by atoms with van der Waals surface area (Å²) in [5, 5.41) is 13.2. The Morgan fingerprint density at radius 2 is 1.64 bits per heavy atom. The number of aromatic carboxylic acids is 1. The van der Waals surface area contributed by atoms with E-state index in [1.54, 1.807) is 24.3 Å². The van der Waals surface area contributed by atoms with Crippen LogP contribution >= 0.6 is 0 Å². The third-order valence-corrected chi connectivity index (χ3v) is 3.39.